The van der Waals surface area contributed by atoms with Crippen molar-refractivity contribution < 1.29 is 0 Å². The number of hydrogen-bond acceptors (Lipinski definition) is 2. The lowest BCUT2D eigenvalue weighted by Crippen LogP contribution is -2.00. The standard InChI is InChI=1S/C12H11ClN2/c1-8(2)12-9(5-6-14)3-4-11(13)10(12)7-15/h3-4,8H,5H2,1-2H3. The van der Waals surface area contributed by atoms with E-state index in [0.717, 1.165) is 11.1 Å². The Hall–Kier alpha value is -1.51. The third kappa shape index (κ3) is 2.29. The van der Waals surface area contributed by atoms with Crippen LogP contribution in [0.25, 0.3) is 0 Å². The van der Waals surface area contributed by atoms with Gasteiger partial charge in [-0.2, -0.15) is 10.5 Å². The molecule has 1 aromatic carbocycles. The van der Waals surface area contributed by atoms with Crippen LogP contribution in [0.1, 0.15) is 36.5 Å². The minimum atomic E-state index is 0.196. The van der Waals surface area contributed by atoms with E-state index in [-0.39, 0.29) is 5.92 Å². The Morgan fingerprint density at radius 3 is 2.47 bits per heavy atom. The molecule has 0 aliphatic carbocycles. The summed E-state index contributed by atoms with van der Waals surface area (Å²) in [7, 11) is 0. The van der Waals surface area contributed by atoms with Crippen molar-refractivity contribution in [1.82, 2.24) is 0 Å². The van der Waals surface area contributed by atoms with E-state index in [4.69, 9.17) is 22.1 Å². The maximum absolute atomic E-state index is 9.02. The molecule has 0 atom stereocenters. The molecule has 15 heavy (non-hydrogen) atoms. The van der Waals surface area contributed by atoms with Gasteiger partial charge in [0.05, 0.1) is 23.1 Å². The van der Waals surface area contributed by atoms with Crippen LogP contribution < -0.4 is 0 Å². The molecule has 0 fully saturated rings. The Bertz CT molecular complexity index is 450. The molecule has 0 aliphatic heterocycles. The van der Waals surface area contributed by atoms with E-state index in [1.165, 1.54) is 0 Å². The molecule has 0 N–H and O–H groups in total. The maximum Gasteiger partial charge on any atom is 0.101 e. The van der Waals surface area contributed by atoms with E-state index in [1.807, 2.05) is 19.9 Å². The molecule has 0 spiro atoms. The van der Waals surface area contributed by atoms with Crippen molar-refractivity contribution in [3.05, 3.63) is 33.8 Å². The molecular weight excluding hydrogens is 208 g/mol. The molecule has 0 aromatic heterocycles. The molecule has 1 rings (SSSR count). The molecule has 0 bridgehead atoms. The smallest absolute Gasteiger partial charge is 0.101 e. The second kappa shape index (κ2) is 4.82. The molecule has 0 unspecified atom stereocenters. The predicted octanol–water partition coefficient (Wildman–Crippen LogP) is 3.40. The van der Waals surface area contributed by atoms with Crippen molar-refractivity contribution in [3.8, 4) is 12.1 Å². The summed E-state index contributed by atoms with van der Waals surface area (Å²) in [6.07, 6.45) is 0.319. The van der Waals surface area contributed by atoms with E-state index < -0.39 is 0 Å². The van der Waals surface area contributed by atoms with Crippen LogP contribution in [0.3, 0.4) is 0 Å². The summed E-state index contributed by atoms with van der Waals surface area (Å²) in [4.78, 5) is 0. The summed E-state index contributed by atoms with van der Waals surface area (Å²) in [6.45, 7) is 3.99. The highest BCUT2D eigenvalue weighted by Gasteiger charge is 2.14. The largest absolute Gasteiger partial charge is 0.198 e. The highest BCUT2D eigenvalue weighted by Crippen LogP contribution is 2.29. The highest BCUT2D eigenvalue weighted by molar-refractivity contribution is 6.31. The van der Waals surface area contributed by atoms with Gasteiger partial charge in [-0.25, -0.2) is 0 Å². The van der Waals surface area contributed by atoms with Gasteiger partial charge in [0.2, 0.25) is 0 Å². The van der Waals surface area contributed by atoms with Gasteiger partial charge in [0.1, 0.15) is 6.07 Å². The van der Waals surface area contributed by atoms with Crippen LogP contribution in [-0.2, 0) is 6.42 Å². The number of benzene rings is 1. The molecule has 0 radical (unpaired) electrons. The van der Waals surface area contributed by atoms with Gasteiger partial charge in [-0.05, 0) is 23.1 Å². The zero-order chi connectivity index (χ0) is 11.4. The van der Waals surface area contributed by atoms with Crippen molar-refractivity contribution in [2.45, 2.75) is 26.2 Å². The first-order valence-corrected chi connectivity index (χ1v) is 5.08. The number of halogens is 1. The first-order valence-electron chi connectivity index (χ1n) is 4.70. The molecule has 1 aromatic rings. The van der Waals surface area contributed by atoms with Crippen LogP contribution >= 0.6 is 11.6 Å². The molecule has 0 saturated carbocycles. The molecule has 0 aliphatic rings. The monoisotopic (exact) mass is 218 g/mol. The number of hydrogen-bond donors (Lipinski definition) is 0. The van der Waals surface area contributed by atoms with Gasteiger partial charge in [0.15, 0.2) is 0 Å². The highest BCUT2D eigenvalue weighted by atomic mass is 35.5. The lowest BCUT2D eigenvalue weighted by molar-refractivity contribution is 0.847. The third-order valence-corrected chi connectivity index (χ3v) is 2.56. The molecule has 0 saturated heterocycles. The first-order chi connectivity index (χ1) is 7.11. The lowest BCUT2D eigenvalue weighted by atomic mass is 9.91. The van der Waals surface area contributed by atoms with Crippen LogP contribution in [0.2, 0.25) is 5.02 Å². The van der Waals surface area contributed by atoms with Gasteiger partial charge >= 0.3 is 0 Å². The first kappa shape index (κ1) is 11.6. The van der Waals surface area contributed by atoms with Crippen LogP contribution in [0.15, 0.2) is 12.1 Å². The summed E-state index contributed by atoms with van der Waals surface area (Å²) in [5, 5.41) is 18.2. The van der Waals surface area contributed by atoms with E-state index in [1.54, 1.807) is 6.07 Å². The van der Waals surface area contributed by atoms with E-state index in [2.05, 4.69) is 12.1 Å². The topological polar surface area (TPSA) is 47.6 Å². The SMILES string of the molecule is CC(C)c1c(CC#N)ccc(Cl)c1C#N. The maximum atomic E-state index is 9.02. The summed E-state index contributed by atoms with van der Waals surface area (Å²) >= 11 is 5.94. The second-order valence-electron chi connectivity index (χ2n) is 3.60. The minimum Gasteiger partial charge on any atom is -0.198 e. The van der Waals surface area contributed by atoms with Crippen molar-refractivity contribution in [3.63, 3.8) is 0 Å². The van der Waals surface area contributed by atoms with Crippen LogP contribution in [0, 0.1) is 22.7 Å². The molecule has 0 amide bonds. The average Bonchev–Trinajstić information content (AvgIpc) is 2.20. The number of rotatable bonds is 2. The average molecular weight is 219 g/mol. The Kier molecular flexibility index (Phi) is 3.72. The number of nitriles is 2. The van der Waals surface area contributed by atoms with E-state index in [9.17, 15) is 0 Å². The fourth-order valence-corrected chi connectivity index (χ4v) is 1.86. The summed E-state index contributed by atoms with van der Waals surface area (Å²) in [6, 6.07) is 7.70. The Morgan fingerprint density at radius 2 is 2.00 bits per heavy atom. The molecule has 2 nitrogen and oxygen atoms in total. The summed E-state index contributed by atoms with van der Waals surface area (Å²) in [5.41, 5.74) is 2.29. The van der Waals surface area contributed by atoms with Crippen molar-refractivity contribution >= 4 is 11.6 Å². The predicted molar refractivity (Wildman–Crippen MR) is 59.6 cm³/mol. The van der Waals surface area contributed by atoms with Crippen LogP contribution in [-0.4, -0.2) is 0 Å². The van der Waals surface area contributed by atoms with Crippen molar-refractivity contribution in [1.29, 1.82) is 10.5 Å². The second-order valence-corrected chi connectivity index (χ2v) is 4.00. The van der Waals surface area contributed by atoms with Gasteiger partial charge in [0.25, 0.3) is 0 Å². The Balaban J connectivity index is 3.45. The van der Waals surface area contributed by atoms with Gasteiger partial charge in [-0.15, -0.1) is 0 Å². The van der Waals surface area contributed by atoms with Crippen LogP contribution in [0.4, 0.5) is 0 Å². The van der Waals surface area contributed by atoms with E-state index in [0.29, 0.717) is 17.0 Å². The quantitative estimate of drug-likeness (QED) is 0.764. The number of nitrogens with zero attached hydrogens (tertiary/aromatic N) is 2. The zero-order valence-electron chi connectivity index (χ0n) is 8.71. The fourth-order valence-electron chi connectivity index (χ4n) is 1.65. The van der Waals surface area contributed by atoms with Gasteiger partial charge in [-0.1, -0.05) is 31.5 Å². The third-order valence-electron chi connectivity index (χ3n) is 2.24. The fraction of sp³-hybridized carbons (Fsp3) is 0.333. The summed E-state index contributed by atoms with van der Waals surface area (Å²) < 4.78 is 0. The van der Waals surface area contributed by atoms with E-state index >= 15 is 0 Å². The van der Waals surface area contributed by atoms with Crippen molar-refractivity contribution in [2.75, 3.05) is 0 Å². The van der Waals surface area contributed by atoms with Crippen LogP contribution in [0.5, 0.6) is 0 Å². The summed E-state index contributed by atoms with van der Waals surface area (Å²) in [5.74, 6) is 0.196. The molecular formula is C12H11ClN2. The molecule has 3 heteroatoms. The minimum absolute atomic E-state index is 0.196. The normalized spacial score (nSPS) is 9.73. The Morgan fingerprint density at radius 1 is 1.33 bits per heavy atom. The molecule has 76 valence electrons. The van der Waals surface area contributed by atoms with Gasteiger partial charge < -0.3 is 0 Å². The van der Waals surface area contributed by atoms with Crippen molar-refractivity contribution in [2.24, 2.45) is 0 Å². The zero-order valence-corrected chi connectivity index (χ0v) is 9.47. The van der Waals surface area contributed by atoms with Gasteiger partial charge in [-0.3, -0.25) is 0 Å². The van der Waals surface area contributed by atoms with Gasteiger partial charge in [0, 0.05) is 0 Å². The Labute approximate surface area is 94.7 Å². The lowest BCUT2D eigenvalue weighted by Gasteiger charge is -2.13. The molecule has 0 heterocycles.